The molecular weight excluding hydrogens is 97.0 g/mol. The first-order chi connectivity index (χ1) is 3.39. The molecule has 0 amide bonds. The van der Waals surface area contributed by atoms with E-state index in [0.717, 1.165) is 6.54 Å². The van der Waals surface area contributed by atoms with E-state index in [1.807, 2.05) is 0 Å². The Bertz CT molecular complexity index is 53.7. The average Bonchev–Trinajstić information content (AvgIpc) is 1.69. The molecule has 0 aliphatic carbocycles. The Labute approximate surface area is 41.7 Å². The Balaban J connectivity index is 2.12. The number of morpholine rings is 1. The number of halogens is 1. The average molecular weight is 104 g/mol. The minimum absolute atomic E-state index is 0.264. The number of hydrogen-bond acceptors (Lipinski definition) is 2. The fraction of sp³-hybridized carbons (Fsp3) is 0.750. The Morgan fingerprint density at radius 1 is 1.71 bits per heavy atom. The first kappa shape index (κ1) is 5.00. The summed E-state index contributed by atoms with van der Waals surface area (Å²) in [5.41, 5.74) is 0. The van der Waals surface area contributed by atoms with Crippen LogP contribution in [-0.4, -0.2) is 19.7 Å². The van der Waals surface area contributed by atoms with Crippen LogP contribution >= 0.6 is 0 Å². The zero-order valence-corrected chi connectivity index (χ0v) is 3.91. The van der Waals surface area contributed by atoms with Gasteiger partial charge in [-0.05, 0) is 0 Å². The number of nitrogens with one attached hydrogen (secondary N) is 1. The molecule has 0 unspecified atom stereocenters. The lowest BCUT2D eigenvalue weighted by Gasteiger charge is -2.14. The van der Waals surface area contributed by atoms with E-state index in [4.69, 9.17) is 0 Å². The first-order valence-corrected chi connectivity index (χ1v) is 2.24. The number of hydrogen-bond donors (Lipinski definition) is 1. The molecule has 1 aliphatic heterocycles. The van der Waals surface area contributed by atoms with Gasteiger partial charge in [-0.15, -0.1) is 0 Å². The van der Waals surface area contributed by atoms with E-state index in [9.17, 15) is 4.39 Å². The number of ether oxygens (including phenoxy) is 1. The van der Waals surface area contributed by atoms with Crippen molar-refractivity contribution < 1.29 is 9.13 Å². The summed E-state index contributed by atoms with van der Waals surface area (Å²) in [6.07, 6.45) is -0.397. The standard InChI is InChI=1S/C4H7FNO/c5-4-3-6-1-2-7-4/h6H,1-3H2. The fourth-order valence-corrected chi connectivity index (χ4v) is 0.472. The molecule has 0 atom stereocenters. The Morgan fingerprint density at radius 3 is 2.86 bits per heavy atom. The highest BCUT2D eigenvalue weighted by Gasteiger charge is 2.11. The van der Waals surface area contributed by atoms with Crippen molar-refractivity contribution >= 4 is 0 Å². The molecule has 0 aromatic carbocycles. The molecule has 1 N–H and O–H groups in total. The highest BCUT2D eigenvalue weighted by molar-refractivity contribution is 4.70. The summed E-state index contributed by atoms with van der Waals surface area (Å²) < 4.78 is 16.3. The zero-order valence-electron chi connectivity index (χ0n) is 3.91. The molecular formula is C4H7FNO. The maximum atomic E-state index is 11.8. The van der Waals surface area contributed by atoms with Crippen LogP contribution in [0.2, 0.25) is 0 Å². The van der Waals surface area contributed by atoms with Gasteiger partial charge in [0.25, 0.3) is 6.36 Å². The monoisotopic (exact) mass is 104 g/mol. The van der Waals surface area contributed by atoms with Crippen molar-refractivity contribution in [2.24, 2.45) is 0 Å². The van der Waals surface area contributed by atoms with Crippen molar-refractivity contribution in [2.75, 3.05) is 19.7 Å². The maximum Gasteiger partial charge on any atom is 0.282 e. The van der Waals surface area contributed by atoms with Crippen LogP contribution in [-0.2, 0) is 4.74 Å². The quantitative estimate of drug-likeness (QED) is 0.469. The lowest BCUT2D eigenvalue weighted by Crippen LogP contribution is -2.31. The maximum absolute atomic E-state index is 11.8. The molecule has 1 heterocycles. The number of rotatable bonds is 0. The molecule has 0 bridgehead atoms. The van der Waals surface area contributed by atoms with Crippen molar-refractivity contribution in [1.29, 1.82) is 0 Å². The summed E-state index contributed by atoms with van der Waals surface area (Å²) in [4.78, 5) is 0. The predicted octanol–water partition coefficient (Wildman–Crippen LogP) is 0.0652. The molecule has 2 nitrogen and oxygen atoms in total. The van der Waals surface area contributed by atoms with E-state index < -0.39 is 6.36 Å². The Morgan fingerprint density at radius 2 is 2.57 bits per heavy atom. The predicted molar refractivity (Wildman–Crippen MR) is 23.2 cm³/mol. The second kappa shape index (κ2) is 2.23. The third kappa shape index (κ3) is 1.41. The van der Waals surface area contributed by atoms with Gasteiger partial charge in [0.1, 0.15) is 0 Å². The van der Waals surface area contributed by atoms with Gasteiger partial charge in [0.2, 0.25) is 0 Å². The molecule has 0 spiro atoms. The Kier molecular flexibility index (Phi) is 1.59. The highest BCUT2D eigenvalue weighted by Crippen LogP contribution is 2.03. The van der Waals surface area contributed by atoms with Crippen LogP contribution in [0, 0.1) is 6.36 Å². The highest BCUT2D eigenvalue weighted by atomic mass is 19.1. The first-order valence-electron chi connectivity index (χ1n) is 2.24. The lowest BCUT2D eigenvalue weighted by atomic mass is 10.5. The third-order valence-corrected chi connectivity index (χ3v) is 0.802. The van der Waals surface area contributed by atoms with Crippen LogP contribution in [0.1, 0.15) is 0 Å². The summed E-state index contributed by atoms with van der Waals surface area (Å²) in [5.74, 6) is 0. The molecule has 3 heteroatoms. The van der Waals surface area contributed by atoms with Gasteiger partial charge < -0.3 is 10.1 Å². The molecule has 1 fully saturated rings. The van der Waals surface area contributed by atoms with Crippen LogP contribution < -0.4 is 5.32 Å². The van der Waals surface area contributed by atoms with E-state index in [1.54, 1.807) is 0 Å². The molecule has 1 radical (unpaired) electrons. The lowest BCUT2D eigenvalue weighted by molar-refractivity contribution is 0.0382. The van der Waals surface area contributed by atoms with Crippen molar-refractivity contribution in [3.05, 3.63) is 6.36 Å². The summed E-state index contributed by atoms with van der Waals surface area (Å²) in [5, 5.41) is 2.80. The van der Waals surface area contributed by atoms with E-state index in [1.165, 1.54) is 0 Å². The van der Waals surface area contributed by atoms with Crippen molar-refractivity contribution in [3.8, 4) is 0 Å². The van der Waals surface area contributed by atoms with Gasteiger partial charge in [-0.25, -0.2) is 4.39 Å². The van der Waals surface area contributed by atoms with Gasteiger partial charge in [-0.3, -0.25) is 0 Å². The van der Waals surface area contributed by atoms with Gasteiger partial charge in [-0.1, -0.05) is 0 Å². The molecule has 1 aliphatic rings. The largest absolute Gasteiger partial charge is 0.339 e. The van der Waals surface area contributed by atoms with Gasteiger partial charge in [0, 0.05) is 6.54 Å². The molecule has 1 rings (SSSR count). The van der Waals surface area contributed by atoms with Crippen molar-refractivity contribution in [3.63, 3.8) is 0 Å². The van der Waals surface area contributed by atoms with Gasteiger partial charge in [0.05, 0.1) is 13.2 Å². The second-order valence-electron chi connectivity index (χ2n) is 1.38. The zero-order chi connectivity index (χ0) is 5.11. The third-order valence-electron chi connectivity index (χ3n) is 0.802. The molecule has 41 valence electrons. The van der Waals surface area contributed by atoms with Crippen molar-refractivity contribution in [2.45, 2.75) is 0 Å². The molecule has 0 aromatic heterocycles. The van der Waals surface area contributed by atoms with Crippen LogP contribution in [0.3, 0.4) is 0 Å². The Hall–Kier alpha value is -0.150. The SMILES string of the molecule is F[C]1CNCCO1. The van der Waals surface area contributed by atoms with E-state index in [2.05, 4.69) is 10.1 Å². The normalized spacial score (nSPS) is 25.3. The summed E-state index contributed by atoms with van der Waals surface area (Å²) in [6, 6.07) is 0. The molecule has 7 heavy (non-hydrogen) atoms. The summed E-state index contributed by atoms with van der Waals surface area (Å²) in [7, 11) is 0. The van der Waals surface area contributed by atoms with Crippen LogP contribution in [0.25, 0.3) is 0 Å². The van der Waals surface area contributed by atoms with Gasteiger partial charge in [-0.2, -0.15) is 0 Å². The van der Waals surface area contributed by atoms with E-state index >= 15 is 0 Å². The summed E-state index contributed by atoms with van der Waals surface area (Å²) in [6.45, 7) is 1.49. The molecule has 1 saturated heterocycles. The van der Waals surface area contributed by atoms with Crippen LogP contribution in [0.4, 0.5) is 4.39 Å². The van der Waals surface area contributed by atoms with Crippen LogP contribution in [0.5, 0.6) is 0 Å². The van der Waals surface area contributed by atoms with Crippen molar-refractivity contribution in [1.82, 2.24) is 5.32 Å². The van der Waals surface area contributed by atoms with E-state index in [0.29, 0.717) is 6.61 Å². The summed E-state index contributed by atoms with van der Waals surface area (Å²) >= 11 is 0. The topological polar surface area (TPSA) is 21.3 Å². The minimum Gasteiger partial charge on any atom is -0.339 e. The van der Waals surface area contributed by atoms with Crippen LogP contribution in [0.15, 0.2) is 0 Å². The van der Waals surface area contributed by atoms with Gasteiger partial charge >= 0.3 is 0 Å². The van der Waals surface area contributed by atoms with Gasteiger partial charge in [0.15, 0.2) is 0 Å². The molecule has 0 saturated carbocycles. The second-order valence-corrected chi connectivity index (χ2v) is 1.38. The minimum atomic E-state index is -0.397. The van der Waals surface area contributed by atoms with E-state index in [-0.39, 0.29) is 6.54 Å². The fourth-order valence-electron chi connectivity index (χ4n) is 0.472. The smallest absolute Gasteiger partial charge is 0.282 e. The molecule has 0 aromatic rings.